The normalized spacial score (nSPS) is 29.3. The monoisotopic (exact) mass is 208 g/mol. The smallest absolute Gasteiger partial charge is 0.0231 e. The van der Waals surface area contributed by atoms with Crippen LogP contribution in [0.25, 0.3) is 0 Å². The lowest BCUT2D eigenvalue weighted by Gasteiger charge is -2.42. The zero-order chi connectivity index (χ0) is 11.3. The van der Waals surface area contributed by atoms with Gasteiger partial charge in [0.25, 0.3) is 0 Å². The minimum Gasteiger partial charge on any atom is -0.103 e. The summed E-state index contributed by atoms with van der Waals surface area (Å²) in [5, 5.41) is 0. The summed E-state index contributed by atoms with van der Waals surface area (Å²) in [5.74, 6) is 3.76. The van der Waals surface area contributed by atoms with Gasteiger partial charge in [0.15, 0.2) is 0 Å². The van der Waals surface area contributed by atoms with E-state index in [0.717, 1.165) is 23.7 Å². The van der Waals surface area contributed by atoms with E-state index in [1.807, 2.05) is 0 Å². The molecule has 1 aliphatic rings. The molecule has 0 N–H and O–H groups in total. The van der Waals surface area contributed by atoms with Crippen LogP contribution in [0.1, 0.15) is 59.3 Å². The van der Waals surface area contributed by atoms with Crippen LogP contribution < -0.4 is 0 Å². The van der Waals surface area contributed by atoms with Gasteiger partial charge >= 0.3 is 0 Å². The lowest BCUT2D eigenvalue weighted by Crippen LogP contribution is -2.32. The van der Waals surface area contributed by atoms with Crippen LogP contribution >= 0.6 is 0 Å². The highest BCUT2D eigenvalue weighted by Gasteiger charge is 2.34. The Kier molecular flexibility index (Phi) is 5.42. The van der Waals surface area contributed by atoms with Crippen molar-refractivity contribution < 1.29 is 0 Å². The first-order chi connectivity index (χ1) is 7.22. The zero-order valence-electron chi connectivity index (χ0n) is 10.8. The fraction of sp³-hybridized carbons (Fsp3) is 0.867. The first kappa shape index (κ1) is 12.8. The van der Waals surface area contributed by atoms with Crippen molar-refractivity contribution in [2.75, 3.05) is 0 Å². The molecule has 0 radical (unpaired) electrons. The van der Waals surface area contributed by atoms with Crippen molar-refractivity contribution >= 4 is 0 Å². The maximum Gasteiger partial charge on any atom is -0.0231 e. The Hall–Kier alpha value is -0.260. The van der Waals surface area contributed by atoms with Crippen molar-refractivity contribution in [2.45, 2.75) is 59.3 Å². The van der Waals surface area contributed by atoms with E-state index in [9.17, 15) is 0 Å². The molecule has 15 heavy (non-hydrogen) atoms. The summed E-state index contributed by atoms with van der Waals surface area (Å²) in [5.41, 5.74) is 0. The molecule has 0 bridgehead atoms. The predicted octanol–water partition coefficient (Wildman–Crippen LogP) is 5.05. The molecule has 1 saturated carbocycles. The maximum absolute atomic E-state index is 3.90. The average molecular weight is 208 g/mol. The molecule has 0 aromatic heterocycles. The second-order valence-corrected chi connectivity index (χ2v) is 5.42. The molecular weight excluding hydrogens is 180 g/mol. The van der Waals surface area contributed by atoms with Crippen LogP contribution in [0.3, 0.4) is 0 Å². The summed E-state index contributed by atoms with van der Waals surface area (Å²) in [6, 6.07) is 0. The lowest BCUT2D eigenvalue weighted by molar-refractivity contribution is 0.103. The third kappa shape index (κ3) is 3.36. The molecule has 0 aromatic rings. The van der Waals surface area contributed by atoms with Crippen LogP contribution in [0.2, 0.25) is 0 Å². The molecule has 1 aliphatic carbocycles. The van der Waals surface area contributed by atoms with Crippen LogP contribution in [0, 0.1) is 23.7 Å². The summed E-state index contributed by atoms with van der Waals surface area (Å²) in [6.45, 7) is 11.0. The summed E-state index contributed by atoms with van der Waals surface area (Å²) in [4.78, 5) is 0. The Labute approximate surface area is 96.2 Å². The number of unbranched alkanes of at least 4 members (excludes halogenated alkanes) is 1. The van der Waals surface area contributed by atoms with E-state index < -0.39 is 0 Å². The topological polar surface area (TPSA) is 0 Å². The third-order valence-electron chi connectivity index (χ3n) is 4.42. The predicted molar refractivity (Wildman–Crippen MR) is 68.9 cm³/mol. The van der Waals surface area contributed by atoms with Gasteiger partial charge in [-0.15, -0.1) is 6.58 Å². The maximum atomic E-state index is 3.90. The molecule has 0 amide bonds. The van der Waals surface area contributed by atoms with Gasteiger partial charge in [0.1, 0.15) is 0 Å². The molecule has 0 heterocycles. The number of hydrogen-bond acceptors (Lipinski definition) is 0. The van der Waals surface area contributed by atoms with E-state index in [-0.39, 0.29) is 0 Å². The summed E-state index contributed by atoms with van der Waals surface area (Å²) in [6.07, 6.45) is 10.6. The number of allylic oxidation sites excluding steroid dienone is 1. The molecule has 0 heteroatoms. The van der Waals surface area contributed by atoms with Gasteiger partial charge < -0.3 is 0 Å². The van der Waals surface area contributed by atoms with Crippen molar-refractivity contribution in [1.29, 1.82) is 0 Å². The molecule has 0 saturated heterocycles. The molecule has 2 atom stereocenters. The van der Waals surface area contributed by atoms with Gasteiger partial charge in [-0.2, -0.15) is 0 Å². The minimum atomic E-state index is 0.836. The molecule has 0 spiro atoms. The third-order valence-corrected chi connectivity index (χ3v) is 4.42. The van der Waals surface area contributed by atoms with Gasteiger partial charge in [0.05, 0.1) is 0 Å². The van der Waals surface area contributed by atoms with E-state index in [1.165, 1.54) is 38.5 Å². The molecule has 0 aliphatic heterocycles. The van der Waals surface area contributed by atoms with Crippen LogP contribution in [0.15, 0.2) is 12.7 Å². The zero-order valence-corrected chi connectivity index (χ0v) is 10.8. The van der Waals surface area contributed by atoms with E-state index in [2.05, 4.69) is 33.4 Å². The van der Waals surface area contributed by atoms with Gasteiger partial charge in [-0.3, -0.25) is 0 Å². The highest BCUT2D eigenvalue weighted by atomic mass is 14.4. The highest BCUT2D eigenvalue weighted by Crippen LogP contribution is 2.44. The minimum absolute atomic E-state index is 0.836. The average Bonchev–Trinajstić information content (AvgIpc) is 2.20. The van der Waals surface area contributed by atoms with E-state index in [4.69, 9.17) is 0 Å². The first-order valence-corrected chi connectivity index (χ1v) is 6.85. The van der Waals surface area contributed by atoms with Crippen molar-refractivity contribution in [3.63, 3.8) is 0 Å². The number of hydrogen-bond donors (Lipinski definition) is 0. The van der Waals surface area contributed by atoms with Gasteiger partial charge in [-0.1, -0.05) is 46.1 Å². The van der Waals surface area contributed by atoms with E-state index >= 15 is 0 Å². The summed E-state index contributed by atoms with van der Waals surface area (Å²) >= 11 is 0. The molecule has 0 aromatic carbocycles. The Balaban J connectivity index is 2.39. The first-order valence-electron chi connectivity index (χ1n) is 6.85. The Bertz CT molecular complexity index is 176. The second kappa shape index (κ2) is 6.35. The van der Waals surface area contributed by atoms with Gasteiger partial charge in [0, 0.05) is 0 Å². The molecule has 0 nitrogen and oxygen atoms in total. The standard InChI is InChI=1S/C15H28/c1-5-8-9-15(12(4)6-2)14-10-13(7-3)11-14/h7,12-15H,3,5-6,8-11H2,1-2,4H3. The van der Waals surface area contributed by atoms with Crippen LogP contribution in [-0.4, -0.2) is 0 Å². The van der Waals surface area contributed by atoms with E-state index in [1.54, 1.807) is 0 Å². The Morgan fingerprint density at radius 3 is 2.47 bits per heavy atom. The second-order valence-electron chi connectivity index (χ2n) is 5.42. The Morgan fingerprint density at radius 2 is 2.00 bits per heavy atom. The molecule has 1 rings (SSSR count). The fourth-order valence-corrected chi connectivity index (χ4v) is 2.98. The van der Waals surface area contributed by atoms with Gasteiger partial charge in [0.2, 0.25) is 0 Å². The van der Waals surface area contributed by atoms with Crippen molar-refractivity contribution in [3.05, 3.63) is 12.7 Å². The van der Waals surface area contributed by atoms with E-state index in [0.29, 0.717) is 0 Å². The molecular formula is C15H28. The molecule has 1 fully saturated rings. The summed E-state index contributed by atoms with van der Waals surface area (Å²) in [7, 11) is 0. The van der Waals surface area contributed by atoms with Gasteiger partial charge in [-0.25, -0.2) is 0 Å². The Morgan fingerprint density at radius 1 is 1.33 bits per heavy atom. The van der Waals surface area contributed by atoms with Crippen molar-refractivity contribution in [2.24, 2.45) is 23.7 Å². The SMILES string of the molecule is C=CC1CC(C(CCCC)C(C)CC)C1. The molecule has 2 unspecified atom stereocenters. The quantitative estimate of drug-likeness (QED) is 0.513. The van der Waals surface area contributed by atoms with Crippen LogP contribution in [-0.2, 0) is 0 Å². The highest BCUT2D eigenvalue weighted by molar-refractivity contribution is 4.94. The lowest BCUT2D eigenvalue weighted by atomic mass is 9.64. The van der Waals surface area contributed by atoms with Crippen LogP contribution in [0.5, 0.6) is 0 Å². The van der Waals surface area contributed by atoms with Gasteiger partial charge in [-0.05, 0) is 42.9 Å². The van der Waals surface area contributed by atoms with Crippen molar-refractivity contribution in [3.8, 4) is 0 Å². The van der Waals surface area contributed by atoms with Crippen LogP contribution in [0.4, 0.5) is 0 Å². The summed E-state index contributed by atoms with van der Waals surface area (Å²) < 4.78 is 0. The largest absolute Gasteiger partial charge is 0.103 e. The fourth-order valence-electron chi connectivity index (χ4n) is 2.98. The molecule has 88 valence electrons. The van der Waals surface area contributed by atoms with Crippen molar-refractivity contribution in [1.82, 2.24) is 0 Å². The number of rotatable bonds is 7.